The lowest BCUT2D eigenvalue weighted by molar-refractivity contribution is 0.0864. The van der Waals surface area contributed by atoms with Gasteiger partial charge in [-0.2, -0.15) is 0 Å². The lowest BCUT2D eigenvalue weighted by Crippen LogP contribution is -2.38. The molecule has 0 saturated heterocycles. The number of aliphatic hydroxyl groups excluding tert-OH is 1. The Bertz CT molecular complexity index is 884. The normalized spacial score (nSPS) is 20.2. The van der Waals surface area contributed by atoms with Crippen LogP contribution in [-0.4, -0.2) is 36.1 Å². The van der Waals surface area contributed by atoms with E-state index in [0.29, 0.717) is 47.1 Å². The monoisotopic (exact) mass is 438 g/mol. The predicted molar refractivity (Wildman–Crippen MR) is 112 cm³/mol. The highest BCUT2D eigenvalue weighted by Crippen LogP contribution is 2.33. The number of hydrogen-bond donors (Lipinski definition) is 3. The van der Waals surface area contributed by atoms with Gasteiger partial charge in [0.1, 0.15) is 5.76 Å². The number of benzene rings is 1. The van der Waals surface area contributed by atoms with Crippen molar-refractivity contribution >= 4 is 35.0 Å². The summed E-state index contributed by atoms with van der Waals surface area (Å²) in [5.74, 6) is -0.636. The van der Waals surface area contributed by atoms with Crippen LogP contribution in [-0.2, 0) is 0 Å². The van der Waals surface area contributed by atoms with Gasteiger partial charge in [0.25, 0.3) is 11.8 Å². The highest BCUT2D eigenvalue weighted by Gasteiger charge is 2.28. The summed E-state index contributed by atoms with van der Waals surface area (Å²) in [7, 11) is 1.50. The van der Waals surface area contributed by atoms with Gasteiger partial charge in [-0.15, -0.1) is 0 Å². The predicted octanol–water partition coefficient (Wildman–Crippen LogP) is 4.13. The van der Waals surface area contributed by atoms with Crippen LogP contribution in [0.25, 0.3) is 0 Å². The number of aliphatic hydroxyl groups is 1. The van der Waals surface area contributed by atoms with Crippen LogP contribution in [0.3, 0.4) is 0 Å². The van der Waals surface area contributed by atoms with Crippen LogP contribution in [0, 0.1) is 0 Å². The Labute approximate surface area is 179 Å². The lowest BCUT2D eigenvalue weighted by Gasteiger charge is -2.26. The van der Waals surface area contributed by atoms with Crippen LogP contribution >= 0.6 is 23.2 Å². The Kier molecular flexibility index (Phi) is 6.88. The van der Waals surface area contributed by atoms with E-state index in [9.17, 15) is 14.7 Å². The number of carbonyl (C=O) groups is 2. The first-order valence-corrected chi connectivity index (χ1v) is 10.3. The molecule has 1 heterocycles. The van der Waals surface area contributed by atoms with Crippen molar-refractivity contribution in [2.75, 3.05) is 7.05 Å². The van der Waals surface area contributed by atoms with Gasteiger partial charge in [0, 0.05) is 35.1 Å². The van der Waals surface area contributed by atoms with Crippen molar-refractivity contribution in [2.45, 2.75) is 50.7 Å². The molecule has 1 atom stereocenters. The van der Waals surface area contributed by atoms with Gasteiger partial charge >= 0.3 is 0 Å². The Hall–Kier alpha value is -2.02. The zero-order chi connectivity index (χ0) is 21.1. The van der Waals surface area contributed by atoms with Crippen molar-refractivity contribution in [3.63, 3.8) is 0 Å². The summed E-state index contributed by atoms with van der Waals surface area (Å²) in [5.41, 5.74) is 1.08. The van der Waals surface area contributed by atoms with Crippen molar-refractivity contribution < 1.29 is 19.1 Å². The van der Waals surface area contributed by atoms with Gasteiger partial charge in [0.05, 0.1) is 11.7 Å². The third-order valence-electron chi connectivity index (χ3n) is 5.27. The van der Waals surface area contributed by atoms with Gasteiger partial charge < -0.3 is 20.2 Å². The minimum atomic E-state index is -0.414. The molecular formula is C21H24Cl2N2O4. The third kappa shape index (κ3) is 5.13. The fraction of sp³-hybridized carbons (Fsp3) is 0.429. The molecule has 2 aromatic rings. The number of halogens is 2. The maximum absolute atomic E-state index is 13.0. The molecular weight excluding hydrogens is 415 g/mol. The lowest BCUT2D eigenvalue weighted by atomic mass is 9.92. The van der Waals surface area contributed by atoms with Crippen molar-refractivity contribution in [1.82, 2.24) is 10.6 Å². The first-order chi connectivity index (χ1) is 13.8. The van der Waals surface area contributed by atoms with Gasteiger partial charge in [-0.25, -0.2) is 0 Å². The van der Waals surface area contributed by atoms with E-state index in [4.69, 9.17) is 27.6 Å². The number of carbonyl (C=O) groups excluding carboxylic acids is 2. The number of nitrogens with one attached hydrogen (secondary N) is 2. The fourth-order valence-corrected chi connectivity index (χ4v) is 4.14. The molecule has 0 spiro atoms. The first-order valence-electron chi connectivity index (χ1n) is 9.59. The van der Waals surface area contributed by atoms with E-state index in [0.717, 1.165) is 5.56 Å². The molecule has 0 bridgehead atoms. The summed E-state index contributed by atoms with van der Waals surface area (Å²) in [6.07, 6.45) is 2.43. The summed E-state index contributed by atoms with van der Waals surface area (Å²) in [4.78, 5) is 25.1. The van der Waals surface area contributed by atoms with E-state index in [2.05, 4.69) is 10.6 Å². The summed E-state index contributed by atoms with van der Waals surface area (Å²) in [6, 6.07) is 6.58. The van der Waals surface area contributed by atoms with E-state index in [1.165, 1.54) is 13.1 Å². The average molecular weight is 439 g/mol. The number of furan rings is 1. The SMILES string of the molecule is CNC(=O)c1cc(C(=O)N[C@H]2CC[C@H](O)CC2)c(C(C)c2cc(Cl)cc(Cl)c2)o1. The summed E-state index contributed by atoms with van der Waals surface area (Å²) in [5, 5.41) is 16.1. The molecule has 1 aliphatic rings. The van der Waals surface area contributed by atoms with Gasteiger partial charge in [-0.3, -0.25) is 9.59 Å². The quantitative estimate of drug-likeness (QED) is 0.654. The molecule has 29 heavy (non-hydrogen) atoms. The second kappa shape index (κ2) is 9.20. The van der Waals surface area contributed by atoms with Crippen LogP contribution in [0.15, 0.2) is 28.7 Å². The first kappa shape index (κ1) is 21.7. The maximum atomic E-state index is 13.0. The van der Waals surface area contributed by atoms with Crippen molar-refractivity contribution in [1.29, 1.82) is 0 Å². The molecule has 1 saturated carbocycles. The van der Waals surface area contributed by atoms with Gasteiger partial charge in [-0.1, -0.05) is 30.1 Å². The zero-order valence-electron chi connectivity index (χ0n) is 16.3. The topological polar surface area (TPSA) is 91.6 Å². The number of rotatable bonds is 5. The van der Waals surface area contributed by atoms with Crippen LogP contribution in [0.1, 0.15) is 70.8 Å². The third-order valence-corrected chi connectivity index (χ3v) is 5.70. The van der Waals surface area contributed by atoms with Gasteiger partial charge in [0.2, 0.25) is 0 Å². The largest absolute Gasteiger partial charge is 0.454 e. The second-order valence-corrected chi connectivity index (χ2v) is 8.24. The van der Waals surface area contributed by atoms with E-state index >= 15 is 0 Å². The molecule has 1 aliphatic carbocycles. The second-order valence-electron chi connectivity index (χ2n) is 7.37. The summed E-state index contributed by atoms with van der Waals surface area (Å²) >= 11 is 12.2. The molecule has 156 valence electrons. The highest BCUT2D eigenvalue weighted by atomic mass is 35.5. The zero-order valence-corrected chi connectivity index (χ0v) is 17.8. The highest BCUT2D eigenvalue weighted by molar-refractivity contribution is 6.34. The summed E-state index contributed by atoms with van der Waals surface area (Å²) in [6.45, 7) is 1.86. The minimum absolute atomic E-state index is 0.0204. The van der Waals surface area contributed by atoms with Crippen molar-refractivity contribution in [3.8, 4) is 0 Å². The van der Waals surface area contributed by atoms with Crippen molar-refractivity contribution in [2.24, 2.45) is 0 Å². The molecule has 8 heteroatoms. The molecule has 1 aromatic heterocycles. The maximum Gasteiger partial charge on any atom is 0.286 e. The summed E-state index contributed by atoms with van der Waals surface area (Å²) < 4.78 is 5.79. The van der Waals surface area contributed by atoms with E-state index in [-0.39, 0.29) is 29.7 Å². The average Bonchev–Trinajstić information content (AvgIpc) is 3.13. The van der Waals surface area contributed by atoms with Crippen LogP contribution in [0.5, 0.6) is 0 Å². The molecule has 6 nitrogen and oxygen atoms in total. The van der Waals surface area contributed by atoms with Crippen molar-refractivity contribution in [3.05, 3.63) is 57.0 Å². The van der Waals surface area contributed by atoms with Crippen LogP contribution in [0.2, 0.25) is 10.0 Å². The number of hydrogen-bond acceptors (Lipinski definition) is 4. The van der Waals surface area contributed by atoms with E-state index < -0.39 is 5.91 Å². The van der Waals surface area contributed by atoms with Crippen LogP contribution < -0.4 is 10.6 Å². The number of amides is 2. The Balaban J connectivity index is 1.91. The smallest absolute Gasteiger partial charge is 0.286 e. The standard InChI is InChI=1S/C21H24Cl2N2O4/c1-11(12-7-13(22)9-14(23)8-12)19-17(10-18(29-19)21(28)24-2)20(27)25-15-3-5-16(26)6-4-15/h7-11,15-16,26H,3-6H2,1-2H3,(H,24,28)(H,25,27)/t11?,15-,16-. The Morgan fingerprint density at radius 1 is 1.07 bits per heavy atom. The van der Waals surface area contributed by atoms with Gasteiger partial charge in [-0.05, 0) is 49.4 Å². The molecule has 0 radical (unpaired) electrons. The van der Waals surface area contributed by atoms with E-state index in [1.54, 1.807) is 18.2 Å². The Morgan fingerprint density at radius 2 is 1.69 bits per heavy atom. The van der Waals surface area contributed by atoms with E-state index in [1.807, 2.05) is 6.92 Å². The fourth-order valence-electron chi connectivity index (χ4n) is 3.60. The molecule has 1 fully saturated rings. The molecule has 0 aliphatic heterocycles. The molecule has 1 unspecified atom stereocenters. The Morgan fingerprint density at radius 3 is 2.28 bits per heavy atom. The molecule has 2 amide bonds. The van der Waals surface area contributed by atoms with Crippen LogP contribution in [0.4, 0.5) is 0 Å². The molecule has 3 rings (SSSR count). The molecule has 3 N–H and O–H groups in total. The molecule has 1 aromatic carbocycles. The minimum Gasteiger partial charge on any atom is -0.454 e. The van der Waals surface area contributed by atoms with Gasteiger partial charge in [0.15, 0.2) is 5.76 Å².